The van der Waals surface area contributed by atoms with Crippen LogP contribution in [0.3, 0.4) is 0 Å². The Morgan fingerprint density at radius 1 is 1.25 bits per heavy atom. The zero-order valence-electron chi connectivity index (χ0n) is 7.61. The Labute approximate surface area is 83.4 Å². The van der Waals surface area contributed by atoms with Gasteiger partial charge < -0.3 is 5.32 Å². The van der Waals surface area contributed by atoms with Crippen LogP contribution in [0, 0.1) is 11.3 Å². The summed E-state index contributed by atoms with van der Waals surface area (Å²) in [5.74, 6) is 0.972. The zero-order chi connectivity index (χ0) is 8.44. The van der Waals surface area contributed by atoms with Crippen LogP contribution < -0.4 is 5.32 Å². The van der Waals surface area contributed by atoms with E-state index in [1.165, 1.54) is 50.5 Å². The zero-order valence-corrected chi connectivity index (χ0v) is 9.20. The summed E-state index contributed by atoms with van der Waals surface area (Å²) in [4.78, 5) is 0. The molecule has 1 N–H and O–H groups in total. The van der Waals surface area contributed by atoms with E-state index >= 15 is 0 Å². The van der Waals surface area contributed by atoms with Gasteiger partial charge in [-0.3, -0.25) is 0 Å². The maximum atomic E-state index is 3.67. The number of halogens is 1. The van der Waals surface area contributed by atoms with Crippen LogP contribution in [0.2, 0.25) is 0 Å². The van der Waals surface area contributed by atoms with Crippen molar-refractivity contribution in [1.29, 1.82) is 0 Å². The van der Waals surface area contributed by atoms with E-state index in [1.54, 1.807) is 0 Å². The third kappa shape index (κ3) is 1.44. The minimum Gasteiger partial charge on any atom is -0.317 e. The van der Waals surface area contributed by atoms with Crippen molar-refractivity contribution in [2.24, 2.45) is 11.3 Å². The summed E-state index contributed by atoms with van der Waals surface area (Å²) in [7, 11) is 0. The van der Waals surface area contributed by atoms with Crippen molar-refractivity contribution in [2.45, 2.75) is 32.1 Å². The molecule has 0 aromatic rings. The van der Waals surface area contributed by atoms with Crippen molar-refractivity contribution >= 4 is 15.9 Å². The summed E-state index contributed by atoms with van der Waals surface area (Å²) >= 11 is 3.67. The quantitative estimate of drug-likeness (QED) is 0.685. The molecule has 0 amide bonds. The van der Waals surface area contributed by atoms with Gasteiger partial charge in [0.2, 0.25) is 0 Å². The smallest absolute Gasteiger partial charge is 0.00649 e. The molecule has 2 fully saturated rings. The van der Waals surface area contributed by atoms with Gasteiger partial charge in [-0.2, -0.15) is 0 Å². The molecule has 2 heteroatoms. The van der Waals surface area contributed by atoms with E-state index in [9.17, 15) is 0 Å². The molecule has 1 aliphatic carbocycles. The van der Waals surface area contributed by atoms with E-state index < -0.39 is 0 Å². The largest absolute Gasteiger partial charge is 0.317 e. The minimum absolute atomic E-state index is 0.731. The maximum Gasteiger partial charge on any atom is 0.00649 e. The molecule has 0 aromatic heterocycles. The first-order valence-electron chi connectivity index (χ1n) is 5.14. The van der Waals surface area contributed by atoms with Crippen LogP contribution in [0.25, 0.3) is 0 Å². The van der Waals surface area contributed by atoms with Gasteiger partial charge in [-0.1, -0.05) is 22.4 Å². The van der Waals surface area contributed by atoms with Gasteiger partial charge in [0.15, 0.2) is 0 Å². The van der Waals surface area contributed by atoms with Gasteiger partial charge in [0.25, 0.3) is 0 Å². The molecule has 1 atom stereocenters. The van der Waals surface area contributed by atoms with Crippen LogP contribution >= 0.6 is 15.9 Å². The molecule has 1 unspecified atom stereocenters. The summed E-state index contributed by atoms with van der Waals surface area (Å²) in [6, 6.07) is 0. The number of piperidine rings is 1. The monoisotopic (exact) mass is 231 g/mol. The third-order valence-corrected chi connectivity index (χ3v) is 4.66. The Balaban J connectivity index is 2.05. The Hall–Kier alpha value is 0.440. The van der Waals surface area contributed by atoms with Crippen molar-refractivity contribution in [3.8, 4) is 0 Å². The second-order valence-corrected chi connectivity index (χ2v) is 5.00. The van der Waals surface area contributed by atoms with Gasteiger partial charge in [0.05, 0.1) is 0 Å². The van der Waals surface area contributed by atoms with Crippen molar-refractivity contribution < 1.29 is 0 Å². The first kappa shape index (κ1) is 9.01. The third-order valence-electron chi connectivity index (χ3n) is 3.88. The number of hydrogen-bond donors (Lipinski definition) is 1. The van der Waals surface area contributed by atoms with Gasteiger partial charge >= 0.3 is 0 Å². The SMILES string of the molecule is BrCC1CCCC12CCNCC2. The number of hydrogen-bond acceptors (Lipinski definition) is 1. The van der Waals surface area contributed by atoms with Crippen molar-refractivity contribution in [1.82, 2.24) is 5.32 Å². The van der Waals surface area contributed by atoms with Crippen LogP contribution in [-0.2, 0) is 0 Å². The summed E-state index contributed by atoms with van der Waals surface area (Å²) in [5, 5.41) is 4.69. The van der Waals surface area contributed by atoms with E-state index in [2.05, 4.69) is 21.2 Å². The van der Waals surface area contributed by atoms with Gasteiger partial charge in [-0.05, 0) is 50.1 Å². The molecule has 70 valence electrons. The second-order valence-electron chi connectivity index (χ2n) is 4.36. The van der Waals surface area contributed by atoms with E-state index in [-0.39, 0.29) is 0 Å². The molecule has 0 bridgehead atoms. The van der Waals surface area contributed by atoms with E-state index in [0.29, 0.717) is 0 Å². The predicted molar refractivity (Wildman–Crippen MR) is 55.7 cm³/mol. The Morgan fingerprint density at radius 3 is 2.67 bits per heavy atom. The lowest BCUT2D eigenvalue weighted by atomic mass is 9.72. The minimum atomic E-state index is 0.731. The Morgan fingerprint density at radius 2 is 2.00 bits per heavy atom. The molecule has 1 saturated carbocycles. The highest BCUT2D eigenvalue weighted by atomic mass is 79.9. The van der Waals surface area contributed by atoms with Crippen LogP contribution in [-0.4, -0.2) is 18.4 Å². The molecule has 0 radical (unpaired) electrons. The average molecular weight is 232 g/mol. The van der Waals surface area contributed by atoms with Crippen LogP contribution in [0.15, 0.2) is 0 Å². The average Bonchev–Trinajstić information content (AvgIpc) is 2.49. The van der Waals surface area contributed by atoms with E-state index in [0.717, 1.165) is 11.3 Å². The molecule has 1 saturated heterocycles. The van der Waals surface area contributed by atoms with Gasteiger partial charge in [-0.25, -0.2) is 0 Å². The van der Waals surface area contributed by atoms with Gasteiger partial charge in [-0.15, -0.1) is 0 Å². The maximum absolute atomic E-state index is 3.67. The fourth-order valence-corrected chi connectivity index (χ4v) is 4.05. The molecular formula is C10H18BrN. The van der Waals surface area contributed by atoms with Gasteiger partial charge in [0, 0.05) is 5.33 Å². The lowest BCUT2D eigenvalue weighted by Crippen LogP contribution is -2.39. The first-order chi connectivity index (χ1) is 5.87. The molecule has 12 heavy (non-hydrogen) atoms. The normalized spacial score (nSPS) is 34.2. The van der Waals surface area contributed by atoms with Crippen LogP contribution in [0.4, 0.5) is 0 Å². The lowest BCUT2D eigenvalue weighted by molar-refractivity contribution is 0.153. The van der Waals surface area contributed by atoms with Crippen LogP contribution in [0.5, 0.6) is 0 Å². The summed E-state index contributed by atoms with van der Waals surface area (Å²) in [5.41, 5.74) is 0.731. The fraction of sp³-hybridized carbons (Fsp3) is 1.00. The molecule has 2 aliphatic rings. The highest BCUT2D eigenvalue weighted by Crippen LogP contribution is 2.49. The van der Waals surface area contributed by atoms with Crippen molar-refractivity contribution in [3.05, 3.63) is 0 Å². The second kappa shape index (κ2) is 3.67. The molecule has 1 spiro atoms. The number of alkyl halides is 1. The van der Waals surface area contributed by atoms with Gasteiger partial charge in [0.1, 0.15) is 0 Å². The molecule has 0 aromatic carbocycles. The van der Waals surface area contributed by atoms with Crippen molar-refractivity contribution in [3.63, 3.8) is 0 Å². The molecule has 2 rings (SSSR count). The standard InChI is InChI=1S/C10H18BrN/c11-8-9-2-1-3-10(9)4-6-12-7-5-10/h9,12H,1-8H2. The topological polar surface area (TPSA) is 12.0 Å². The lowest BCUT2D eigenvalue weighted by Gasteiger charge is -2.38. The highest BCUT2D eigenvalue weighted by Gasteiger charge is 2.42. The van der Waals surface area contributed by atoms with E-state index in [1.807, 2.05) is 0 Å². The van der Waals surface area contributed by atoms with Crippen molar-refractivity contribution in [2.75, 3.05) is 18.4 Å². The number of rotatable bonds is 1. The predicted octanol–water partition coefficient (Wildman–Crippen LogP) is 2.55. The highest BCUT2D eigenvalue weighted by molar-refractivity contribution is 9.09. The number of nitrogens with one attached hydrogen (secondary N) is 1. The molecular weight excluding hydrogens is 214 g/mol. The fourth-order valence-electron chi connectivity index (χ4n) is 3.03. The Bertz CT molecular complexity index is 152. The first-order valence-corrected chi connectivity index (χ1v) is 6.26. The summed E-state index contributed by atoms with van der Waals surface area (Å²) in [6.45, 7) is 2.51. The molecule has 1 nitrogen and oxygen atoms in total. The van der Waals surface area contributed by atoms with Crippen LogP contribution in [0.1, 0.15) is 32.1 Å². The summed E-state index contributed by atoms with van der Waals surface area (Å²) < 4.78 is 0. The Kier molecular flexibility index (Phi) is 2.75. The molecule has 1 heterocycles. The van der Waals surface area contributed by atoms with E-state index in [4.69, 9.17) is 0 Å². The molecule has 1 aliphatic heterocycles. The summed E-state index contributed by atoms with van der Waals surface area (Å²) in [6.07, 6.45) is 7.26.